The van der Waals surface area contributed by atoms with Gasteiger partial charge < -0.3 is 14.9 Å². The first-order valence-corrected chi connectivity index (χ1v) is 7.57. The van der Waals surface area contributed by atoms with E-state index in [0.717, 1.165) is 31.7 Å². The molecule has 0 unspecified atom stereocenters. The molecule has 0 bridgehead atoms. The maximum absolute atomic E-state index is 9.93. The smallest absolute Gasteiger partial charge is 0.0781 e. The Balaban J connectivity index is 1.72. The number of piperazine rings is 1. The number of benzene rings is 2. The van der Waals surface area contributed by atoms with Gasteiger partial charge in [-0.15, -0.1) is 0 Å². The van der Waals surface area contributed by atoms with Crippen LogP contribution in [0.2, 0.25) is 0 Å². The van der Waals surface area contributed by atoms with E-state index in [-0.39, 0.29) is 0 Å². The minimum Gasteiger partial charge on any atom is -0.389 e. The van der Waals surface area contributed by atoms with Gasteiger partial charge in [0.2, 0.25) is 0 Å². The highest BCUT2D eigenvalue weighted by Crippen LogP contribution is 2.27. The number of anilines is 2. The number of rotatable bonds is 3. The van der Waals surface area contributed by atoms with E-state index in [2.05, 4.69) is 46.2 Å². The van der Waals surface area contributed by atoms with Crippen molar-refractivity contribution in [1.82, 2.24) is 0 Å². The number of nitrogens with zero attached hydrogens (tertiary/aromatic N) is 2. The van der Waals surface area contributed by atoms with Crippen molar-refractivity contribution in [2.24, 2.45) is 0 Å². The van der Waals surface area contributed by atoms with Gasteiger partial charge >= 0.3 is 0 Å². The van der Waals surface area contributed by atoms with Gasteiger partial charge in [0.15, 0.2) is 0 Å². The van der Waals surface area contributed by atoms with Crippen LogP contribution < -0.4 is 9.80 Å². The zero-order chi connectivity index (χ0) is 14.7. The second-order valence-corrected chi connectivity index (χ2v) is 5.54. The summed E-state index contributed by atoms with van der Waals surface area (Å²) >= 11 is 0. The molecule has 0 spiro atoms. The van der Waals surface area contributed by atoms with Gasteiger partial charge in [-0.25, -0.2) is 0 Å². The van der Waals surface area contributed by atoms with Crippen molar-refractivity contribution in [2.45, 2.75) is 13.0 Å². The molecule has 2 aromatic carbocycles. The number of para-hydroxylation sites is 2. The lowest BCUT2D eigenvalue weighted by Gasteiger charge is -2.38. The van der Waals surface area contributed by atoms with E-state index >= 15 is 0 Å². The summed E-state index contributed by atoms with van der Waals surface area (Å²) in [6, 6.07) is 18.7. The van der Waals surface area contributed by atoms with Gasteiger partial charge in [0.1, 0.15) is 0 Å². The zero-order valence-corrected chi connectivity index (χ0v) is 12.4. The van der Waals surface area contributed by atoms with Crippen LogP contribution in [0.3, 0.4) is 0 Å². The average Bonchev–Trinajstić information content (AvgIpc) is 2.56. The molecule has 1 aliphatic heterocycles. The molecular weight excluding hydrogens is 260 g/mol. The van der Waals surface area contributed by atoms with Crippen LogP contribution in [0.15, 0.2) is 54.6 Å². The molecule has 0 aliphatic carbocycles. The Morgan fingerprint density at radius 1 is 0.810 bits per heavy atom. The summed E-state index contributed by atoms with van der Waals surface area (Å²) in [6.45, 7) is 5.83. The summed E-state index contributed by atoms with van der Waals surface area (Å²) in [5.74, 6) is 0. The topological polar surface area (TPSA) is 26.7 Å². The quantitative estimate of drug-likeness (QED) is 0.937. The van der Waals surface area contributed by atoms with Crippen LogP contribution in [0.25, 0.3) is 0 Å². The molecule has 1 N–H and O–H groups in total. The summed E-state index contributed by atoms with van der Waals surface area (Å²) in [5, 5.41) is 9.93. The Morgan fingerprint density at radius 3 is 2.05 bits per heavy atom. The largest absolute Gasteiger partial charge is 0.389 e. The van der Waals surface area contributed by atoms with Crippen molar-refractivity contribution in [3.63, 3.8) is 0 Å². The SMILES string of the molecule is C[C@H](O)c1ccccc1N1CCN(c2ccccc2)CC1. The molecule has 1 atom stereocenters. The summed E-state index contributed by atoms with van der Waals surface area (Å²) in [4.78, 5) is 4.79. The van der Waals surface area contributed by atoms with Gasteiger partial charge in [-0.1, -0.05) is 36.4 Å². The Kier molecular flexibility index (Phi) is 4.11. The minimum absolute atomic E-state index is 0.423. The number of hydrogen-bond acceptors (Lipinski definition) is 3. The third-order valence-electron chi connectivity index (χ3n) is 4.13. The normalized spacial score (nSPS) is 16.9. The molecule has 0 radical (unpaired) electrons. The van der Waals surface area contributed by atoms with Crippen molar-refractivity contribution in [2.75, 3.05) is 36.0 Å². The molecule has 3 heteroatoms. The summed E-state index contributed by atoms with van der Waals surface area (Å²) < 4.78 is 0. The van der Waals surface area contributed by atoms with Crippen molar-refractivity contribution in [1.29, 1.82) is 0 Å². The third-order valence-corrected chi connectivity index (χ3v) is 4.13. The highest BCUT2D eigenvalue weighted by atomic mass is 16.3. The average molecular weight is 282 g/mol. The fourth-order valence-corrected chi connectivity index (χ4v) is 2.97. The summed E-state index contributed by atoms with van der Waals surface area (Å²) in [7, 11) is 0. The molecule has 110 valence electrons. The summed E-state index contributed by atoms with van der Waals surface area (Å²) in [6.07, 6.45) is -0.423. The zero-order valence-electron chi connectivity index (χ0n) is 12.4. The van der Waals surface area contributed by atoms with Gasteiger partial charge in [0, 0.05) is 43.1 Å². The lowest BCUT2D eigenvalue weighted by molar-refractivity contribution is 0.199. The van der Waals surface area contributed by atoms with E-state index in [1.807, 2.05) is 25.1 Å². The van der Waals surface area contributed by atoms with Gasteiger partial charge in [-0.2, -0.15) is 0 Å². The Hall–Kier alpha value is -2.00. The lowest BCUT2D eigenvalue weighted by atomic mass is 10.1. The van der Waals surface area contributed by atoms with E-state index < -0.39 is 6.10 Å². The second-order valence-electron chi connectivity index (χ2n) is 5.54. The first kappa shape index (κ1) is 14.0. The van der Waals surface area contributed by atoms with E-state index in [9.17, 15) is 5.11 Å². The van der Waals surface area contributed by atoms with Crippen LogP contribution in [-0.2, 0) is 0 Å². The molecule has 0 amide bonds. The van der Waals surface area contributed by atoms with Crippen LogP contribution >= 0.6 is 0 Å². The van der Waals surface area contributed by atoms with Crippen LogP contribution in [0.1, 0.15) is 18.6 Å². The van der Waals surface area contributed by atoms with Gasteiger partial charge in [0.05, 0.1) is 6.10 Å². The summed E-state index contributed by atoms with van der Waals surface area (Å²) in [5.41, 5.74) is 3.48. The Bertz CT molecular complexity index is 575. The fourth-order valence-electron chi connectivity index (χ4n) is 2.97. The monoisotopic (exact) mass is 282 g/mol. The maximum Gasteiger partial charge on any atom is 0.0781 e. The Morgan fingerprint density at radius 2 is 1.38 bits per heavy atom. The molecule has 1 heterocycles. The van der Waals surface area contributed by atoms with Gasteiger partial charge in [0.25, 0.3) is 0 Å². The number of hydrogen-bond donors (Lipinski definition) is 1. The molecular formula is C18H22N2O. The fraction of sp³-hybridized carbons (Fsp3) is 0.333. The molecule has 1 fully saturated rings. The van der Waals surface area contributed by atoms with E-state index in [1.54, 1.807) is 0 Å². The predicted octanol–water partition coefficient (Wildman–Crippen LogP) is 3.07. The third kappa shape index (κ3) is 3.03. The molecule has 3 rings (SSSR count). The van der Waals surface area contributed by atoms with Crippen molar-refractivity contribution in [3.8, 4) is 0 Å². The lowest BCUT2D eigenvalue weighted by Crippen LogP contribution is -2.46. The predicted molar refractivity (Wildman–Crippen MR) is 87.9 cm³/mol. The molecule has 1 aliphatic rings. The van der Waals surface area contributed by atoms with Gasteiger partial charge in [-0.3, -0.25) is 0 Å². The van der Waals surface area contributed by atoms with Crippen LogP contribution in [0, 0.1) is 0 Å². The van der Waals surface area contributed by atoms with E-state index in [0.29, 0.717) is 0 Å². The number of aliphatic hydroxyl groups is 1. The molecule has 21 heavy (non-hydrogen) atoms. The minimum atomic E-state index is -0.423. The van der Waals surface area contributed by atoms with Crippen LogP contribution in [0.5, 0.6) is 0 Å². The van der Waals surface area contributed by atoms with Crippen molar-refractivity contribution >= 4 is 11.4 Å². The first-order valence-electron chi connectivity index (χ1n) is 7.57. The van der Waals surface area contributed by atoms with Gasteiger partial charge in [-0.05, 0) is 25.1 Å². The Labute approximate surface area is 126 Å². The molecule has 0 aromatic heterocycles. The van der Waals surface area contributed by atoms with Crippen LogP contribution in [-0.4, -0.2) is 31.3 Å². The van der Waals surface area contributed by atoms with E-state index in [4.69, 9.17) is 0 Å². The molecule has 1 saturated heterocycles. The first-order chi connectivity index (χ1) is 10.3. The highest BCUT2D eigenvalue weighted by molar-refractivity contribution is 5.56. The second kappa shape index (κ2) is 6.19. The standard InChI is InChI=1S/C18H22N2O/c1-15(21)17-9-5-6-10-18(17)20-13-11-19(12-14-20)16-7-3-2-4-8-16/h2-10,15,21H,11-14H2,1H3/t15-/m0/s1. The highest BCUT2D eigenvalue weighted by Gasteiger charge is 2.20. The van der Waals surface area contributed by atoms with Crippen LogP contribution in [0.4, 0.5) is 11.4 Å². The van der Waals surface area contributed by atoms with E-state index in [1.165, 1.54) is 11.4 Å². The molecule has 0 saturated carbocycles. The number of aliphatic hydroxyl groups excluding tert-OH is 1. The maximum atomic E-state index is 9.93. The van der Waals surface area contributed by atoms with Crippen molar-refractivity contribution in [3.05, 3.63) is 60.2 Å². The molecule has 3 nitrogen and oxygen atoms in total. The molecule has 2 aromatic rings. The van der Waals surface area contributed by atoms with Crippen molar-refractivity contribution < 1.29 is 5.11 Å².